The number of nitrogens with zero attached hydrogens (tertiary/aromatic N) is 4. The number of carbonyl (C=O) groups is 1. The molecule has 0 unspecified atom stereocenters. The number of nitrogens with one attached hydrogen (secondary N) is 1. The molecule has 186 valence electrons. The van der Waals surface area contributed by atoms with Gasteiger partial charge in [0.1, 0.15) is 18.1 Å². The average molecular weight is 524 g/mol. The molecular formula is C22H23F2N5O4S2. The van der Waals surface area contributed by atoms with Crippen LogP contribution in [0.3, 0.4) is 0 Å². The molecule has 0 aliphatic heterocycles. The number of fused-ring (bicyclic) bond motifs is 1. The Morgan fingerprint density at radius 3 is 2.54 bits per heavy atom. The molecule has 3 heterocycles. The topological polar surface area (TPSA) is 122 Å². The van der Waals surface area contributed by atoms with Gasteiger partial charge in [0.05, 0.1) is 18.0 Å². The van der Waals surface area contributed by atoms with Gasteiger partial charge in [0.25, 0.3) is 5.56 Å². The van der Waals surface area contributed by atoms with E-state index in [0.717, 1.165) is 16.7 Å². The van der Waals surface area contributed by atoms with Gasteiger partial charge in [0, 0.05) is 25.1 Å². The van der Waals surface area contributed by atoms with E-state index < -0.39 is 29.2 Å². The summed E-state index contributed by atoms with van der Waals surface area (Å²) in [7, 11) is 0. The van der Waals surface area contributed by atoms with Crippen molar-refractivity contribution >= 4 is 34.9 Å². The lowest BCUT2D eigenvalue weighted by Crippen LogP contribution is -2.09. The van der Waals surface area contributed by atoms with Crippen LogP contribution in [0, 0.1) is 11.8 Å². The molecule has 2 N–H and O–H groups in total. The van der Waals surface area contributed by atoms with Crippen LogP contribution in [0.2, 0.25) is 0 Å². The van der Waals surface area contributed by atoms with E-state index in [2.05, 4.69) is 43.3 Å². The Balaban J connectivity index is 0.00000103. The minimum absolute atomic E-state index is 0.0656. The molecule has 35 heavy (non-hydrogen) atoms. The Kier molecular flexibility index (Phi) is 10.2. The number of carbonyl (C=O) groups excluding carboxylic acids is 1. The molecule has 0 spiro atoms. The van der Waals surface area contributed by atoms with Crippen LogP contribution >= 0.6 is 23.3 Å². The van der Waals surface area contributed by atoms with Crippen LogP contribution in [-0.2, 0) is 22.6 Å². The summed E-state index contributed by atoms with van der Waals surface area (Å²) in [6.07, 6.45) is 2.37. The van der Waals surface area contributed by atoms with Crippen LogP contribution in [0.15, 0.2) is 41.5 Å². The van der Waals surface area contributed by atoms with E-state index in [1.165, 1.54) is 25.3 Å². The molecule has 4 rings (SSSR count). The highest BCUT2D eigenvalue weighted by Gasteiger charge is 2.16. The van der Waals surface area contributed by atoms with Crippen molar-refractivity contribution in [2.75, 3.05) is 0 Å². The van der Waals surface area contributed by atoms with Gasteiger partial charge in [-0.1, -0.05) is 26.0 Å². The Morgan fingerprint density at radius 2 is 1.91 bits per heavy atom. The summed E-state index contributed by atoms with van der Waals surface area (Å²) in [5.41, 5.74) is 0.685. The summed E-state index contributed by atoms with van der Waals surface area (Å²) < 4.78 is 34.5. The number of aromatic nitrogens is 5. The van der Waals surface area contributed by atoms with Crippen LogP contribution in [0.25, 0.3) is 17.2 Å². The predicted molar refractivity (Wildman–Crippen MR) is 132 cm³/mol. The van der Waals surface area contributed by atoms with Crippen LogP contribution in [0.4, 0.5) is 8.78 Å². The first kappa shape index (κ1) is 27.8. The highest BCUT2D eigenvalue weighted by Crippen LogP contribution is 2.21. The van der Waals surface area contributed by atoms with Crippen LogP contribution < -0.4 is 5.56 Å². The van der Waals surface area contributed by atoms with Crippen molar-refractivity contribution in [2.45, 2.75) is 33.8 Å². The molecule has 3 aromatic heterocycles. The number of halogens is 2. The minimum atomic E-state index is -0.676. The molecule has 0 bridgehead atoms. The van der Waals surface area contributed by atoms with E-state index in [0.29, 0.717) is 11.3 Å². The third kappa shape index (κ3) is 7.02. The van der Waals surface area contributed by atoms with Crippen molar-refractivity contribution in [3.8, 4) is 17.4 Å². The predicted octanol–water partition coefficient (Wildman–Crippen LogP) is 3.90. The highest BCUT2D eigenvalue weighted by atomic mass is 33.1. The van der Waals surface area contributed by atoms with Crippen molar-refractivity contribution in [2.24, 2.45) is 0 Å². The van der Waals surface area contributed by atoms with Gasteiger partial charge in [-0.25, -0.2) is 14.4 Å². The molecule has 0 fully saturated rings. The number of ether oxygens (including phenoxy) is 1. The van der Waals surface area contributed by atoms with E-state index in [1.807, 2.05) is 13.8 Å². The van der Waals surface area contributed by atoms with E-state index in [9.17, 15) is 23.5 Å². The zero-order valence-corrected chi connectivity index (χ0v) is 20.8. The zero-order valence-electron chi connectivity index (χ0n) is 19.0. The molecule has 0 radical (unpaired) electrons. The van der Waals surface area contributed by atoms with Crippen LogP contribution in [0.1, 0.15) is 37.6 Å². The Morgan fingerprint density at radius 1 is 1.20 bits per heavy atom. The van der Waals surface area contributed by atoms with Crippen molar-refractivity contribution in [3.63, 3.8) is 0 Å². The highest BCUT2D eigenvalue weighted by molar-refractivity contribution is 8.59. The Labute approximate surface area is 209 Å². The van der Waals surface area contributed by atoms with Crippen molar-refractivity contribution in [1.29, 1.82) is 0 Å². The number of hydrogen-bond donors (Lipinski definition) is 4. The third-order valence-electron chi connectivity index (χ3n) is 4.41. The number of aromatic hydroxyl groups is 1. The molecule has 0 amide bonds. The number of benzene rings is 1. The van der Waals surface area contributed by atoms with Crippen LogP contribution in [0.5, 0.6) is 5.88 Å². The molecule has 1 aromatic carbocycles. The fraction of sp³-hybridized carbons (Fsp3) is 0.227. The van der Waals surface area contributed by atoms with E-state index >= 15 is 0 Å². The molecular weight excluding hydrogens is 500 g/mol. The van der Waals surface area contributed by atoms with Crippen LogP contribution in [-0.4, -0.2) is 35.4 Å². The molecule has 0 aliphatic rings. The number of thiol groups is 2. The summed E-state index contributed by atoms with van der Waals surface area (Å²) in [5.74, 6) is -2.35. The third-order valence-corrected chi connectivity index (χ3v) is 4.41. The van der Waals surface area contributed by atoms with Gasteiger partial charge in [-0.05, 0) is 11.6 Å². The normalized spacial score (nSPS) is 10.1. The smallest absolute Gasteiger partial charge is 0.302 e. The lowest BCUT2D eigenvalue weighted by Gasteiger charge is -2.09. The second-order valence-electron chi connectivity index (χ2n) is 6.68. The molecule has 0 atom stereocenters. The number of aromatic amines is 1. The lowest BCUT2D eigenvalue weighted by molar-refractivity contribution is -0.142. The van der Waals surface area contributed by atoms with Gasteiger partial charge in [-0.2, -0.15) is 9.37 Å². The molecule has 0 saturated carbocycles. The van der Waals surface area contributed by atoms with E-state index in [1.54, 1.807) is 6.07 Å². The maximum atomic E-state index is 14.4. The summed E-state index contributed by atoms with van der Waals surface area (Å²) in [5, 5.41) is 9.60. The van der Waals surface area contributed by atoms with Gasteiger partial charge in [-0.15, -0.1) is 23.3 Å². The fourth-order valence-corrected chi connectivity index (χ4v) is 3.01. The average Bonchev–Trinajstić information content (AvgIpc) is 3.21. The van der Waals surface area contributed by atoms with Gasteiger partial charge in [0.2, 0.25) is 11.8 Å². The number of imidazole rings is 1. The van der Waals surface area contributed by atoms with E-state index in [4.69, 9.17) is 4.74 Å². The first-order valence-electron chi connectivity index (χ1n) is 10.2. The summed E-state index contributed by atoms with van der Waals surface area (Å²) >= 11 is 6.44. The van der Waals surface area contributed by atoms with E-state index in [-0.39, 0.29) is 35.8 Å². The maximum Gasteiger partial charge on any atom is 0.302 e. The zero-order chi connectivity index (χ0) is 26.1. The van der Waals surface area contributed by atoms with Crippen molar-refractivity contribution < 1.29 is 23.4 Å². The molecule has 0 saturated heterocycles. The summed E-state index contributed by atoms with van der Waals surface area (Å²) in [6.45, 7) is 5.04. The molecule has 13 heteroatoms. The monoisotopic (exact) mass is 523 g/mol. The SMILES string of the molecule is CC.CC(=O)OCc1ccc(Cc2nc(-c3nc(O)cc(=O)[nH]3)cn3c(F)cnc23)cc1F.SS. The first-order valence-corrected chi connectivity index (χ1v) is 11.8. The second-order valence-corrected chi connectivity index (χ2v) is 6.68. The first-order chi connectivity index (χ1) is 16.8. The largest absolute Gasteiger partial charge is 0.493 e. The lowest BCUT2D eigenvalue weighted by atomic mass is 10.1. The van der Waals surface area contributed by atoms with Gasteiger partial charge in [-0.3, -0.25) is 14.0 Å². The molecule has 9 nitrogen and oxygen atoms in total. The Hall–Kier alpha value is -3.45. The Bertz CT molecular complexity index is 1380. The number of H-pyrrole nitrogens is 1. The van der Waals surface area contributed by atoms with Crippen molar-refractivity contribution in [3.05, 3.63) is 75.6 Å². The summed E-state index contributed by atoms with van der Waals surface area (Å²) in [6, 6.07) is 5.26. The number of hydrogen-bond acceptors (Lipinski definition) is 9. The van der Waals surface area contributed by atoms with Gasteiger partial charge < -0.3 is 14.8 Å². The molecule has 0 aliphatic carbocycles. The van der Waals surface area contributed by atoms with Gasteiger partial charge >= 0.3 is 5.97 Å². The quantitative estimate of drug-likeness (QED) is 0.178. The van der Waals surface area contributed by atoms with Crippen molar-refractivity contribution in [1.82, 2.24) is 24.3 Å². The number of esters is 1. The second kappa shape index (κ2) is 12.9. The summed E-state index contributed by atoms with van der Waals surface area (Å²) in [4.78, 5) is 37.2. The fourth-order valence-electron chi connectivity index (χ4n) is 3.01. The minimum Gasteiger partial charge on any atom is -0.493 e. The van der Waals surface area contributed by atoms with Gasteiger partial charge in [0.15, 0.2) is 11.5 Å². The maximum absolute atomic E-state index is 14.4. The molecule has 4 aromatic rings. The number of rotatable bonds is 5. The standard InChI is InChI=1S/C20H15F2N5O4.C2H6.H2S2/c1-10(28)31-9-12-3-2-11(4-13(12)21)5-14-20-23-7-16(22)27(20)8-15(24-14)19-25-17(29)6-18(30)26-19;2*1-2/h2-4,6-8H,5,9H2,1H3,(H2,25,26,29,30);1-2H3;1-2H.